The maximum Gasteiger partial charge on any atom is 0.406 e. The van der Waals surface area contributed by atoms with Gasteiger partial charge in [-0.3, -0.25) is 4.79 Å². The Kier molecular flexibility index (Phi) is 4.96. The second-order valence-corrected chi connectivity index (χ2v) is 6.19. The van der Waals surface area contributed by atoms with Gasteiger partial charge in [0.25, 0.3) is 0 Å². The minimum Gasteiger partial charge on any atom is -0.332 e. The van der Waals surface area contributed by atoms with E-state index >= 15 is 0 Å². The van der Waals surface area contributed by atoms with Crippen LogP contribution >= 0.6 is 22.9 Å². The summed E-state index contributed by atoms with van der Waals surface area (Å²) in [5.41, 5.74) is 0.896. The molecule has 0 saturated heterocycles. The van der Waals surface area contributed by atoms with Gasteiger partial charge in [-0.25, -0.2) is 0 Å². The number of rotatable bonds is 4. The summed E-state index contributed by atoms with van der Waals surface area (Å²) in [6.07, 6.45) is -2.04. The van der Waals surface area contributed by atoms with Crippen molar-refractivity contribution in [2.24, 2.45) is 0 Å². The second-order valence-electron chi connectivity index (χ2n) is 4.81. The van der Waals surface area contributed by atoms with Crippen molar-refractivity contribution in [3.05, 3.63) is 21.9 Å². The number of nitrogens with zero attached hydrogens (tertiary/aromatic N) is 1. The van der Waals surface area contributed by atoms with E-state index in [4.69, 9.17) is 11.6 Å². The minimum atomic E-state index is -4.39. The highest BCUT2D eigenvalue weighted by Gasteiger charge is 2.37. The Hall–Kier alpha value is -0.750. The van der Waals surface area contributed by atoms with Crippen LogP contribution in [0.2, 0.25) is 0 Å². The van der Waals surface area contributed by atoms with Gasteiger partial charge < -0.3 is 4.90 Å². The van der Waals surface area contributed by atoms with Crippen LogP contribution in [0.25, 0.3) is 0 Å². The van der Waals surface area contributed by atoms with Gasteiger partial charge in [-0.1, -0.05) is 0 Å². The zero-order valence-corrected chi connectivity index (χ0v) is 12.3. The molecular weight excluding hydrogens is 311 g/mol. The molecule has 1 atom stereocenters. The van der Waals surface area contributed by atoms with E-state index in [-0.39, 0.29) is 12.4 Å². The van der Waals surface area contributed by atoms with Gasteiger partial charge in [0.15, 0.2) is 0 Å². The lowest BCUT2D eigenvalue weighted by Gasteiger charge is -2.29. The van der Waals surface area contributed by atoms with Crippen LogP contribution in [0.15, 0.2) is 11.4 Å². The second kappa shape index (κ2) is 6.35. The average molecular weight is 326 g/mol. The number of fused-ring (bicyclic) bond motifs is 1. The van der Waals surface area contributed by atoms with Crippen molar-refractivity contribution < 1.29 is 18.0 Å². The van der Waals surface area contributed by atoms with Crippen LogP contribution in [-0.4, -0.2) is 36.0 Å². The van der Waals surface area contributed by atoms with Crippen molar-refractivity contribution in [3.8, 4) is 0 Å². The van der Waals surface area contributed by atoms with Gasteiger partial charge in [-0.2, -0.15) is 13.2 Å². The van der Waals surface area contributed by atoms with Crippen molar-refractivity contribution in [3.63, 3.8) is 0 Å². The smallest absolute Gasteiger partial charge is 0.332 e. The van der Waals surface area contributed by atoms with Crippen molar-refractivity contribution in [2.45, 2.75) is 31.4 Å². The third kappa shape index (κ3) is 3.67. The van der Waals surface area contributed by atoms with Crippen molar-refractivity contribution in [2.75, 3.05) is 19.0 Å². The monoisotopic (exact) mass is 325 g/mol. The number of amides is 1. The van der Waals surface area contributed by atoms with Crippen LogP contribution in [0.5, 0.6) is 0 Å². The zero-order chi connectivity index (χ0) is 14.8. The molecule has 2 nitrogen and oxygen atoms in total. The number of hydrogen-bond donors (Lipinski definition) is 0. The predicted molar refractivity (Wildman–Crippen MR) is 73.4 cm³/mol. The molecule has 1 unspecified atom stereocenters. The van der Waals surface area contributed by atoms with E-state index in [1.807, 2.05) is 11.4 Å². The Labute approximate surface area is 124 Å². The number of hydrogen-bond acceptors (Lipinski definition) is 2. The molecule has 1 aromatic heterocycles. The van der Waals surface area contributed by atoms with Crippen LogP contribution in [0, 0.1) is 0 Å². The van der Waals surface area contributed by atoms with E-state index in [9.17, 15) is 18.0 Å². The molecule has 1 aliphatic rings. The summed E-state index contributed by atoms with van der Waals surface area (Å²) >= 11 is 7.09. The van der Waals surface area contributed by atoms with Crippen molar-refractivity contribution >= 4 is 28.8 Å². The third-order valence-electron chi connectivity index (χ3n) is 3.39. The normalized spacial score (nSPS) is 18.7. The number of carbonyl (C=O) groups is 1. The van der Waals surface area contributed by atoms with Crippen LogP contribution in [-0.2, 0) is 11.2 Å². The maximum absolute atomic E-state index is 12.6. The molecule has 20 heavy (non-hydrogen) atoms. The summed E-state index contributed by atoms with van der Waals surface area (Å²) in [6, 6.07) is 1.86. The Morgan fingerprint density at radius 3 is 2.90 bits per heavy atom. The highest BCUT2D eigenvalue weighted by atomic mass is 35.5. The Bertz CT molecular complexity index is 474. The number of halogens is 4. The first-order valence-corrected chi connectivity index (χ1v) is 7.81. The molecule has 2 rings (SSSR count). The molecule has 7 heteroatoms. The summed E-state index contributed by atoms with van der Waals surface area (Å²) < 4.78 is 37.7. The number of aryl methyl sites for hydroxylation is 1. The lowest BCUT2D eigenvalue weighted by Crippen LogP contribution is -2.43. The first kappa shape index (κ1) is 15.6. The van der Waals surface area contributed by atoms with Crippen molar-refractivity contribution in [1.82, 2.24) is 4.90 Å². The summed E-state index contributed by atoms with van der Waals surface area (Å²) in [7, 11) is 0. The number of thiophene rings is 1. The summed E-state index contributed by atoms with van der Waals surface area (Å²) in [6.45, 7) is -1.30. The van der Waals surface area contributed by atoms with Gasteiger partial charge in [0, 0.05) is 17.3 Å². The van der Waals surface area contributed by atoms with Gasteiger partial charge in [-0.05, 0) is 36.3 Å². The van der Waals surface area contributed by atoms with E-state index < -0.39 is 24.5 Å². The van der Waals surface area contributed by atoms with Gasteiger partial charge in [0.2, 0.25) is 5.91 Å². The highest BCUT2D eigenvalue weighted by Crippen LogP contribution is 2.36. The summed E-state index contributed by atoms with van der Waals surface area (Å²) in [4.78, 5) is 14.4. The average Bonchev–Trinajstić information content (AvgIpc) is 2.83. The lowest BCUT2D eigenvalue weighted by atomic mass is 9.86. The molecule has 0 spiro atoms. The van der Waals surface area contributed by atoms with E-state index in [1.54, 1.807) is 11.3 Å². The first-order chi connectivity index (χ1) is 9.42. The molecule has 1 heterocycles. The standard InChI is InChI=1S/C13H15ClF3NOS/c14-5-6-18(8-13(15,16)17)12(19)10-2-1-3-11-9(10)4-7-20-11/h4,7,10H,1-3,5-6,8H2. The van der Waals surface area contributed by atoms with Crippen molar-refractivity contribution in [1.29, 1.82) is 0 Å². The fourth-order valence-electron chi connectivity index (χ4n) is 2.55. The maximum atomic E-state index is 12.6. The van der Waals surface area contributed by atoms with Crippen LogP contribution in [0.1, 0.15) is 29.2 Å². The van der Waals surface area contributed by atoms with Crippen LogP contribution in [0.3, 0.4) is 0 Å². The predicted octanol–water partition coefficient (Wildman–Crippen LogP) is 3.80. The van der Waals surface area contributed by atoms with Gasteiger partial charge in [0.05, 0.1) is 5.92 Å². The van der Waals surface area contributed by atoms with Gasteiger partial charge in [0.1, 0.15) is 6.54 Å². The molecule has 1 aliphatic carbocycles. The van der Waals surface area contributed by atoms with E-state index in [0.29, 0.717) is 6.42 Å². The molecule has 0 fully saturated rings. The fraction of sp³-hybridized carbons (Fsp3) is 0.615. The molecule has 1 amide bonds. The molecule has 0 radical (unpaired) electrons. The minimum absolute atomic E-state index is 0.00499. The molecule has 0 aromatic carbocycles. The molecular formula is C13H15ClF3NOS. The van der Waals surface area contributed by atoms with Gasteiger partial charge >= 0.3 is 6.18 Å². The molecule has 0 bridgehead atoms. The lowest BCUT2D eigenvalue weighted by molar-refractivity contribution is -0.161. The van der Waals surface area contributed by atoms with E-state index in [1.165, 1.54) is 0 Å². The summed E-state index contributed by atoms with van der Waals surface area (Å²) in [5.74, 6) is -0.900. The molecule has 0 saturated carbocycles. The SMILES string of the molecule is O=C(C1CCCc2sccc21)N(CCCl)CC(F)(F)F. The van der Waals surface area contributed by atoms with E-state index in [2.05, 4.69) is 0 Å². The van der Waals surface area contributed by atoms with Crippen LogP contribution < -0.4 is 0 Å². The van der Waals surface area contributed by atoms with E-state index in [0.717, 1.165) is 28.2 Å². The third-order valence-corrected chi connectivity index (χ3v) is 4.55. The fourth-order valence-corrected chi connectivity index (χ4v) is 3.74. The first-order valence-electron chi connectivity index (χ1n) is 6.40. The topological polar surface area (TPSA) is 20.3 Å². The molecule has 1 aromatic rings. The Morgan fingerprint density at radius 1 is 1.50 bits per heavy atom. The highest BCUT2D eigenvalue weighted by molar-refractivity contribution is 7.10. The molecule has 112 valence electrons. The molecule has 0 N–H and O–H groups in total. The Balaban J connectivity index is 2.16. The number of carbonyl (C=O) groups excluding carboxylic acids is 1. The van der Waals surface area contributed by atoms with Crippen LogP contribution in [0.4, 0.5) is 13.2 Å². The molecule has 0 aliphatic heterocycles. The quantitative estimate of drug-likeness (QED) is 0.771. The number of alkyl halides is 4. The Morgan fingerprint density at radius 2 is 2.25 bits per heavy atom. The summed E-state index contributed by atoms with van der Waals surface area (Å²) in [5, 5.41) is 1.89. The zero-order valence-electron chi connectivity index (χ0n) is 10.8. The largest absolute Gasteiger partial charge is 0.406 e. The van der Waals surface area contributed by atoms with Gasteiger partial charge in [-0.15, -0.1) is 22.9 Å².